The summed E-state index contributed by atoms with van der Waals surface area (Å²) in [5.41, 5.74) is 11.9. The number of fused-ring (bicyclic) bond motifs is 9. The molecule has 0 bridgehead atoms. The Morgan fingerprint density at radius 1 is 0.487 bits per heavy atom. The summed E-state index contributed by atoms with van der Waals surface area (Å²) < 4.78 is 5.15. The van der Waals surface area contributed by atoms with Crippen molar-refractivity contribution in [3.63, 3.8) is 0 Å². The van der Waals surface area contributed by atoms with Crippen LogP contribution in [-0.2, 0) is 6.42 Å². The molecule has 0 aliphatic heterocycles. The molecule has 0 fully saturated rings. The summed E-state index contributed by atoms with van der Waals surface area (Å²) in [5, 5.41) is 5.31. The number of aromatic nitrogens is 1. The lowest BCUT2D eigenvalue weighted by Crippen LogP contribution is -1.95. The van der Waals surface area contributed by atoms with E-state index < -0.39 is 0 Å². The molecule has 6 aromatic carbocycles. The quantitative estimate of drug-likeness (QED) is 0.217. The van der Waals surface area contributed by atoms with Gasteiger partial charge in [0.2, 0.25) is 0 Å². The Hall–Kier alpha value is -4.66. The van der Waals surface area contributed by atoms with Crippen LogP contribution >= 0.6 is 11.3 Å². The van der Waals surface area contributed by atoms with Crippen LogP contribution in [0.5, 0.6) is 0 Å². The molecule has 8 aromatic rings. The second-order valence-corrected chi connectivity index (χ2v) is 11.6. The van der Waals surface area contributed by atoms with E-state index in [1.807, 2.05) is 11.3 Å². The Balaban J connectivity index is 1.16. The summed E-state index contributed by atoms with van der Waals surface area (Å²) in [6, 6.07) is 47.1. The molecule has 1 nitrogen and oxygen atoms in total. The third-order valence-electron chi connectivity index (χ3n) is 8.42. The monoisotopic (exact) mass is 513 g/mol. The maximum atomic E-state index is 2.43. The molecular weight excluding hydrogens is 490 g/mol. The van der Waals surface area contributed by atoms with Gasteiger partial charge in [-0.25, -0.2) is 0 Å². The fraction of sp³-hybridized carbons (Fsp3) is 0.0270. The Bertz CT molecular complexity index is 2210. The predicted octanol–water partition coefficient (Wildman–Crippen LogP) is 10.4. The molecule has 0 N–H and O–H groups in total. The molecule has 2 aromatic heterocycles. The normalized spacial score (nSPS) is 12.5. The van der Waals surface area contributed by atoms with Crippen molar-refractivity contribution in [1.29, 1.82) is 0 Å². The van der Waals surface area contributed by atoms with Crippen LogP contribution in [0.1, 0.15) is 11.1 Å². The highest BCUT2D eigenvalue weighted by Gasteiger charge is 2.21. The molecule has 0 atom stereocenters. The molecular formula is C37H23NS. The van der Waals surface area contributed by atoms with E-state index in [0.29, 0.717) is 0 Å². The van der Waals surface area contributed by atoms with Gasteiger partial charge in [-0.05, 0) is 70.1 Å². The molecule has 0 spiro atoms. The Kier molecular flexibility index (Phi) is 4.33. The highest BCUT2D eigenvalue weighted by molar-refractivity contribution is 7.26. The van der Waals surface area contributed by atoms with Gasteiger partial charge in [0.25, 0.3) is 0 Å². The smallest absolute Gasteiger partial charge is 0.0541 e. The minimum atomic E-state index is 0.964. The van der Waals surface area contributed by atoms with E-state index in [1.165, 1.54) is 81.0 Å². The van der Waals surface area contributed by atoms with E-state index in [0.717, 1.165) is 6.42 Å². The second-order valence-electron chi connectivity index (χ2n) is 10.5. The summed E-state index contributed by atoms with van der Waals surface area (Å²) in [6.45, 7) is 0. The zero-order valence-corrected chi connectivity index (χ0v) is 22.0. The molecule has 39 heavy (non-hydrogen) atoms. The Morgan fingerprint density at radius 3 is 1.92 bits per heavy atom. The zero-order chi connectivity index (χ0) is 25.5. The highest BCUT2D eigenvalue weighted by Crippen LogP contribution is 2.44. The fourth-order valence-corrected chi connectivity index (χ4v) is 7.92. The van der Waals surface area contributed by atoms with Gasteiger partial charge in [0.05, 0.1) is 11.0 Å². The van der Waals surface area contributed by atoms with Crippen molar-refractivity contribution in [3.8, 4) is 27.9 Å². The molecule has 0 saturated carbocycles. The van der Waals surface area contributed by atoms with E-state index in [9.17, 15) is 0 Å². The van der Waals surface area contributed by atoms with Crippen molar-refractivity contribution < 1.29 is 0 Å². The van der Waals surface area contributed by atoms with Crippen LogP contribution in [0.25, 0.3) is 69.9 Å². The predicted molar refractivity (Wildman–Crippen MR) is 167 cm³/mol. The first-order valence-corrected chi connectivity index (χ1v) is 14.3. The van der Waals surface area contributed by atoms with Crippen molar-refractivity contribution in [2.45, 2.75) is 6.42 Å². The number of para-hydroxylation sites is 2. The Morgan fingerprint density at radius 2 is 1.13 bits per heavy atom. The van der Waals surface area contributed by atoms with E-state index in [-0.39, 0.29) is 0 Å². The maximum Gasteiger partial charge on any atom is 0.0541 e. The zero-order valence-electron chi connectivity index (χ0n) is 21.2. The van der Waals surface area contributed by atoms with Crippen LogP contribution in [0.3, 0.4) is 0 Å². The number of benzene rings is 6. The molecule has 0 unspecified atom stereocenters. The Labute approximate surface area is 230 Å². The van der Waals surface area contributed by atoms with E-state index in [4.69, 9.17) is 0 Å². The first kappa shape index (κ1) is 21.3. The average Bonchev–Trinajstić information content (AvgIpc) is 3.65. The third-order valence-corrected chi connectivity index (χ3v) is 9.64. The molecule has 2 heteroatoms. The van der Waals surface area contributed by atoms with Crippen molar-refractivity contribution in [2.24, 2.45) is 0 Å². The lowest BCUT2D eigenvalue weighted by Gasteiger charge is -2.10. The van der Waals surface area contributed by atoms with Crippen molar-refractivity contribution in [3.05, 3.63) is 139 Å². The van der Waals surface area contributed by atoms with Crippen LogP contribution in [0, 0.1) is 0 Å². The van der Waals surface area contributed by atoms with Gasteiger partial charge < -0.3 is 4.57 Å². The maximum absolute atomic E-state index is 2.43. The summed E-state index contributed by atoms with van der Waals surface area (Å²) in [5.74, 6) is 0. The van der Waals surface area contributed by atoms with Gasteiger partial charge in [0.1, 0.15) is 0 Å². The minimum Gasteiger partial charge on any atom is -0.309 e. The molecule has 1 aliphatic rings. The molecule has 0 saturated heterocycles. The first-order chi connectivity index (χ1) is 19.3. The summed E-state index contributed by atoms with van der Waals surface area (Å²) >= 11 is 1.90. The van der Waals surface area contributed by atoms with Gasteiger partial charge in [-0.15, -0.1) is 11.3 Å². The van der Waals surface area contributed by atoms with Gasteiger partial charge in [0.15, 0.2) is 0 Å². The number of nitrogens with zero attached hydrogens (tertiary/aromatic N) is 1. The van der Waals surface area contributed by atoms with Gasteiger partial charge >= 0.3 is 0 Å². The van der Waals surface area contributed by atoms with Crippen molar-refractivity contribution in [1.82, 2.24) is 4.57 Å². The largest absolute Gasteiger partial charge is 0.309 e. The summed E-state index contributed by atoms with van der Waals surface area (Å²) in [7, 11) is 0. The minimum absolute atomic E-state index is 0.964. The van der Waals surface area contributed by atoms with Crippen molar-refractivity contribution >= 4 is 53.3 Å². The van der Waals surface area contributed by atoms with Crippen LogP contribution in [0.2, 0.25) is 0 Å². The van der Waals surface area contributed by atoms with Gasteiger partial charge in [-0.1, -0.05) is 97.1 Å². The first-order valence-electron chi connectivity index (χ1n) is 13.5. The molecule has 1 aliphatic carbocycles. The van der Waals surface area contributed by atoms with Gasteiger partial charge in [0, 0.05) is 36.6 Å². The van der Waals surface area contributed by atoms with Crippen LogP contribution in [-0.4, -0.2) is 4.57 Å². The van der Waals surface area contributed by atoms with Crippen LogP contribution in [0.15, 0.2) is 127 Å². The molecule has 0 amide bonds. The molecule has 182 valence electrons. The number of hydrogen-bond acceptors (Lipinski definition) is 1. The van der Waals surface area contributed by atoms with Crippen molar-refractivity contribution in [2.75, 3.05) is 0 Å². The number of thiophene rings is 1. The number of hydrogen-bond donors (Lipinski definition) is 0. The van der Waals surface area contributed by atoms with Gasteiger partial charge in [-0.2, -0.15) is 0 Å². The third kappa shape index (κ3) is 3.01. The lowest BCUT2D eigenvalue weighted by atomic mass is 9.98. The summed E-state index contributed by atoms with van der Waals surface area (Å²) in [6.07, 6.45) is 0.964. The topological polar surface area (TPSA) is 4.93 Å². The van der Waals surface area contributed by atoms with E-state index in [1.54, 1.807) is 0 Å². The number of rotatable bonds is 2. The van der Waals surface area contributed by atoms with E-state index >= 15 is 0 Å². The standard InChI is InChI=1S/C37H23NS/c1-4-13-34-30(8-1)31-9-2-5-14-35(31)38(34)26-17-19-28-25(22-26)21-24-20-23(16-18-27(24)28)29-11-7-12-33-32-10-3-6-15-36(32)39-37(29)33/h1-20,22H,21H2. The van der Waals surface area contributed by atoms with E-state index in [2.05, 4.69) is 132 Å². The van der Waals surface area contributed by atoms with Crippen LogP contribution in [0.4, 0.5) is 0 Å². The fourth-order valence-electron chi connectivity index (χ4n) is 6.68. The van der Waals surface area contributed by atoms with Crippen LogP contribution < -0.4 is 0 Å². The summed E-state index contributed by atoms with van der Waals surface area (Å²) in [4.78, 5) is 0. The molecule has 9 rings (SSSR count). The molecule has 2 heterocycles. The van der Waals surface area contributed by atoms with Gasteiger partial charge in [-0.3, -0.25) is 0 Å². The average molecular weight is 514 g/mol. The highest BCUT2D eigenvalue weighted by atomic mass is 32.1. The molecule has 0 radical (unpaired) electrons. The lowest BCUT2D eigenvalue weighted by molar-refractivity contribution is 1.16. The SMILES string of the molecule is c1ccc2c(c1)sc1c(-c3ccc4c(c3)Cc3cc(-n5c6ccccc6c6ccccc65)ccc3-4)cccc12. The second kappa shape index (κ2) is 7.92.